The summed E-state index contributed by atoms with van der Waals surface area (Å²) in [6, 6.07) is 0. The van der Waals surface area contributed by atoms with E-state index in [9.17, 15) is 24.9 Å². The summed E-state index contributed by atoms with van der Waals surface area (Å²) in [7, 11) is 0. The fraction of sp³-hybridized carbons (Fsp3) is 0.739. The molecule has 4 rings (SSSR count). The van der Waals surface area contributed by atoms with Crippen molar-refractivity contribution in [2.75, 3.05) is 0 Å². The van der Waals surface area contributed by atoms with Crippen LogP contribution >= 0.6 is 0 Å². The first kappa shape index (κ1) is 21.6. The normalized spacial score (nSPS) is 54.8. The molecule has 0 amide bonds. The minimum Gasteiger partial charge on any atom is -0.479 e. The standard InChI is InChI=1S/C23H30F2O5/c1-5-21-10-12(2)23(30,18(28)29)20(21,4)11-17(27)22(25)16(21)9-15(24)14-8-13(26)6-7-19(14,22)3/h6-8,12,15-17,27,30H,5,9-11H2,1-4H3,(H,28,29). The van der Waals surface area contributed by atoms with Crippen LogP contribution in [0.15, 0.2) is 23.8 Å². The van der Waals surface area contributed by atoms with Crippen LogP contribution in [0.4, 0.5) is 8.78 Å². The highest BCUT2D eigenvalue weighted by atomic mass is 19.1. The van der Waals surface area contributed by atoms with Gasteiger partial charge in [0.25, 0.3) is 0 Å². The van der Waals surface area contributed by atoms with Gasteiger partial charge in [-0.15, -0.1) is 0 Å². The van der Waals surface area contributed by atoms with E-state index in [0.717, 1.165) is 6.08 Å². The molecular weight excluding hydrogens is 394 g/mol. The number of ketones is 1. The quantitative estimate of drug-likeness (QED) is 0.633. The lowest BCUT2D eigenvalue weighted by atomic mass is 9.39. The van der Waals surface area contributed by atoms with Crippen molar-refractivity contribution < 1.29 is 33.7 Å². The van der Waals surface area contributed by atoms with Crippen molar-refractivity contribution >= 4 is 11.8 Å². The van der Waals surface area contributed by atoms with Crippen molar-refractivity contribution in [3.8, 4) is 0 Å². The van der Waals surface area contributed by atoms with Gasteiger partial charge in [0.1, 0.15) is 6.17 Å². The molecule has 0 saturated heterocycles. The summed E-state index contributed by atoms with van der Waals surface area (Å²) in [6.07, 6.45) is 0.528. The molecule has 0 aromatic heterocycles. The average molecular weight is 424 g/mol. The number of hydrogen-bond donors (Lipinski definition) is 3. The third-order valence-electron chi connectivity index (χ3n) is 9.60. The molecule has 0 bridgehead atoms. The molecule has 0 aromatic carbocycles. The smallest absolute Gasteiger partial charge is 0.336 e. The number of carbonyl (C=O) groups excluding carboxylic acids is 1. The van der Waals surface area contributed by atoms with E-state index in [-0.39, 0.29) is 24.8 Å². The third-order valence-corrected chi connectivity index (χ3v) is 9.60. The molecule has 9 unspecified atom stereocenters. The number of aliphatic hydroxyl groups excluding tert-OH is 1. The van der Waals surface area contributed by atoms with Gasteiger partial charge in [-0.3, -0.25) is 4.79 Å². The second kappa shape index (κ2) is 6.00. The number of alkyl halides is 2. The minimum absolute atomic E-state index is 0.0298. The maximum Gasteiger partial charge on any atom is 0.336 e. The van der Waals surface area contributed by atoms with Crippen molar-refractivity contribution in [1.29, 1.82) is 0 Å². The van der Waals surface area contributed by atoms with Crippen LogP contribution < -0.4 is 0 Å². The second-order valence-electron chi connectivity index (χ2n) is 10.3. The van der Waals surface area contributed by atoms with E-state index in [1.807, 2.05) is 6.92 Å². The molecule has 7 heteroatoms. The Labute approximate surface area is 174 Å². The molecule has 0 aliphatic heterocycles. The lowest BCUT2D eigenvalue weighted by molar-refractivity contribution is -0.260. The van der Waals surface area contributed by atoms with Gasteiger partial charge < -0.3 is 15.3 Å². The van der Waals surface area contributed by atoms with Crippen LogP contribution in [0.2, 0.25) is 0 Å². The van der Waals surface area contributed by atoms with Gasteiger partial charge in [-0.25, -0.2) is 13.6 Å². The molecule has 4 aliphatic rings. The number of rotatable bonds is 2. The molecule has 3 fully saturated rings. The highest BCUT2D eigenvalue weighted by Gasteiger charge is 2.81. The largest absolute Gasteiger partial charge is 0.479 e. The Bertz CT molecular complexity index is 885. The van der Waals surface area contributed by atoms with Crippen molar-refractivity contribution in [1.82, 2.24) is 0 Å². The van der Waals surface area contributed by atoms with Crippen LogP contribution in [0, 0.1) is 28.1 Å². The van der Waals surface area contributed by atoms with E-state index in [2.05, 4.69) is 0 Å². The maximum atomic E-state index is 17.2. The SMILES string of the molecule is CCC12CC(C)C(O)(C(=O)O)C1(C)CC(O)C1(F)C2CC(F)C2=CC(=O)C=CC21C. The summed E-state index contributed by atoms with van der Waals surface area (Å²) < 4.78 is 32.7. The number of fused-ring (bicyclic) bond motifs is 5. The van der Waals surface area contributed by atoms with Gasteiger partial charge in [0.15, 0.2) is 17.1 Å². The Hall–Kier alpha value is -1.60. The van der Waals surface area contributed by atoms with E-state index in [1.165, 1.54) is 19.1 Å². The average Bonchev–Trinajstić information content (AvgIpc) is 2.85. The summed E-state index contributed by atoms with van der Waals surface area (Å²) in [5, 5.41) is 32.5. The fourth-order valence-corrected chi connectivity index (χ4v) is 8.03. The van der Waals surface area contributed by atoms with Gasteiger partial charge in [-0.1, -0.05) is 26.8 Å². The first-order valence-corrected chi connectivity index (χ1v) is 10.7. The summed E-state index contributed by atoms with van der Waals surface area (Å²) in [6.45, 7) is 6.57. The van der Waals surface area contributed by atoms with E-state index in [4.69, 9.17) is 0 Å². The number of aliphatic hydroxyl groups is 2. The monoisotopic (exact) mass is 424 g/mol. The highest BCUT2D eigenvalue weighted by molar-refractivity contribution is 6.01. The number of carbonyl (C=O) groups is 2. The van der Waals surface area contributed by atoms with Gasteiger partial charge in [0, 0.05) is 16.7 Å². The Morgan fingerprint density at radius 1 is 1.30 bits per heavy atom. The molecule has 4 aliphatic carbocycles. The fourth-order valence-electron chi connectivity index (χ4n) is 8.03. The van der Waals surface area contributed by atoms with Crippen LogP contribution in [-0.4, -0.2) is 50.6 Å². The Morgan fingerprint density at radius 3 is 2.50 bits per heavy atom. The molecule has 3 N–H and O–H groups in total. The minimum atomic E-state index is -2.29. The van der Waals surface area contributed by atoms with E-state index in [0.29, 0.717) is 6.42 Å². The van der Waals surface area contributed by atoms with Gasteiger partial charge >= 0.3 is 5.97 Å². The van der Waals surface area contributed by atoms with E-state index < -0.39 is 63.4 Å². The van der Waals surface area contributed by atoms with Crippen LogP contribution in [0.25, 0.3) is 0 Å². The molecule has 9 atom stereocenters. The molecular formula is C23H30F2O5. The van der Waals surface area contributed by atoms with Crippen molar-refractivity contribution in [2.45, 2.75) is 76.9 Å². The molecule has 166 valence electrons. The zero-order valence-corrected chi connectivity index (χ0v) is 17.8. The number of hydrogen-bond acceptors (Lipinski definition) is 4. The van der Waals surface area contributed by atoms with Crippen LogP contribution in [0.1, 0.15) is 53.4 Å². The number of carboxylic acid groups (broad SMARTS) is 1. The van der Waals surface area contributed by atoms with Crippen molar-refractivity contribution in [2.24, 2.45) is 28.1 Å². The highest BCUT2D eigenvalue weighted by Crippen LogP contribution is 2.76. The van der Waals surface area contributed by atoms with Crippen molar-refractivity contribution in [3.63, 3.8) is 0 Å². The van der Waals surface area contributed by atoms with Crippen molar-refractivity contribution in [3.05, 3.63) is 23.8 Å². The van der Waals surface area contributed by atoms with Crippen LogP contribution in [-0.2, 0) is 9.59 Å². The Morgan fingerprint density at radius 2 is 1.93 bits per heavy atom. The molecule has 0 radical (unpaired) electrons. The summed E-state index contributed by atoms with van der Waals surface area (Å²) in [4.78, 5) is 24.1. The topological polar surface area (TPSA) is 94.8 Å². The first-order valence-electron chi connectivity index (χ1n) is 10.7. The van der Waals surface area contributed by atoms with Gasteiger partial charge in [0.2, 0.25) is 0 Å². The summed E-state index contributed by atoms with van der Waals surface area (Å²) >= 11 is 0. The Kier molecular flexibility index (Phi) is 4.33. The molecule has 0 heterocycles. The van der Waals surface area contributed by atoms with E-state index >= 15 is 8.78 Å². The van der Waals surface area contributed by atoms with Crippen LogP contribution in [0.3, 0.4) is 0 Å². The van der Waals surface area contributed by atoms with E-state index in [1.54, 1.807) is 13.8 Å². The van der Waals surface area contributed by atoms with Gasteiger partial charge in [0.05, 0.1) is 6.10 Å². The summed E-state index contributed by atoms with van der Waals surface area (Å²) in [5.74, 6) is -3.52. The number of aliphatic carboxylic acids is 1. The zero-order chi connectivity index (χ0) is 22.5. The summed E-state index contributed by atoms with van der Waals surface area (Å²) in [5.41, 5.74) is -8.32. The number of allylic oxidation sites excluding steroid dienone is 4. The van der Waals surface area contributed by atoms with Gasteiger partial charge in [-0.05, 0) is 61.7 Å². The second-order valence-corrected chi connectivity index (χ2v) is 10.3. The number of halogens is 2. The van der Waals surface area contributed by atoms with Gasteiger partial charge in [-0.2, -0.15) is 0 Å². The lowest BCUT2D eigenvalue weighted by Gasteiger charge is -2.67. The molecule has 30 heavy (non-hydrogen) atoms. The first-order chi connectivity index (χ1) is 13.8. The third kappa shape index (κ3) is 1.99. The predicted octanol–water partition coefficient (Wildman–Crippen LogP) is 3.15. The molecule has 0 aromatic rings. The van der Waals surface area contributed by atoms with Crippen LogP contribution in [0.5, 0.6) is 0 Å². The molecule has 5 nitrogen and oxygen atoms in total. The zero-order valence-electron chi connectivity index (χ0n) is 17.8. The maximum absolute atomic E-state index is 17.2. The predicted molar refractivity (Wildman–Crippen MR) is 105 cm³/mol. The molecule has 3 saturated carbocycles. The lowest BCUT2D eigenvalue weighted by Crippen LogP contribution is -2.73. The number of carboxylic acids is 1. The Balaban J connectivity index is 1.98. The molecule has 0 spiro atoms.